The molecule has 0 bridgehead atoms. The highest BCUT2D eigenvalue weighted by Crippen LogP contribution is 2.49. The van der Waals surface area contributed by atoms with Gasteiger partial charge >= 0.3 is 5.97 Å². The molecule has 1 fully saturated rings. The first-order chi connectivity index (χ1) is 10.5. The Bertz CT molecular complexity index is 539. The summed E-state index contributed by atoms with van der Waals surface area (Å²) in [4.78, 5) is 10.8. The van der Waals surface area contributed by atoms with Gasteiger partial charge in [0.2, 0.25) is 0 Å². The number of allylic oxidation sites excluding steroid dienone is 4. The number of carboxylic acids is 1. The third-order valence-corrected chi connectivity index (χ3v) is 5.35. The maximum atomic E-state index is 10.8. The summed E-state index contributed by atoms with van der Waals surface area (Å²) in [5, 5.41) is 19.7. The van der Waals surface area contributed by atoms with Gasteiger partial charge in [-0.1, -0.05) is 43.4 Å². The SMILES string of the molecule is C=C[C@@]1(C)CC[C@H]([C@](C)(O)/C=C/C=C(\C)C(=O)O)C[C@@H]1C(=C)C. The Hall–Kier alpha value is -1.61. The van der Waals surface area contributed by atoms with Crippen LogP contribution < -0.4 is 0 Å². The minimum atomic E-state index is -0.967. The summed E-state index contributed by atoms with van der Waals surface area (Å²) in [6.45, 7) is 15.7. The molecule has 1 aliphatic rings. The van der Waals surface area contributed by atoms with Gasteiger partial charge in [0.25, 0.3) is 0 Å². The van der Waals surface area contributed by atoms with Crippen molar-refractivity contribution < 1.29 is 15.0 Å². The van der Waals surface area contributed by atoms with Gasteiger partial charge in [0.15, 0.2) is 0 Å². The lowest BCUT2D eigenvalue weighted by Gasteiger charge is -2.46. The van der Waals surface area contributed by atoms with Gasteiger partial charge in [0, 0.05) is 5.57 Å². The fraction of sp³-hybridized carbons (Fsp3) is 0.550. The van der Waals surface area contributed by atoms with Crippen molar-refractivity contribution in [3.63, 3.8) is 0 Å². The molecule has 2 N–H and O–H groups in total. The van der Waals surface area contributed by atoms with Gasteiger partial charge in [-0.25, -0.2) is 4.79 Å². The zero-order valence-electron chi connectivity index (χ0n) is 14.8. The molecule has 1 rings (SSSR count). The van der Waals surface area contributed by atoms with E-state index in [9.17, 15) is 9.90 Å². The van der Waals surface area contributed by atoms with Crippen molar-refractivity contribution in [2.45, 2.75) is 52.6 Å². The van der Waals surface area contributed by atoms with Crippen molar-refractivity contribution in [3.8, 4) is 0 Å². The predicted octanol–water partition coefficient (Wildman–Crippen LogP) is 4.51. The maximum Gasteiger partial charge on any atom is 0.331 e. The minimum absolute atomic E-state index is 0.0297. The Morgan fingerprint density at radius 2 is 2.00 bits per heavy atom. The summed E-state index contributed by atoms with van der Waals surface area (Å²) in [5.74, 6) is -0.530. The number of aliphatic carboxylic acids is 1. The molecule has 3 nitrogen and oxygen atoms in total. The van der Waals surface area contributed by atoms with Crippen LogP contribution in [0.1, 0.15) is 47.0 Å². The molecule has 1 aliphatic carbocycles. The lowest BCUT2D eigenvalue weighted by molar-refractivity contribution is -0.132. The number of carbonyl (C=O) groups is 1. The standard InChI is InChI=1S/C20H30O3/c1-7-19(5)12-10-16(13-17(19)14(2)3)20(6,23)11-8-9-15(4)18(21)22/h7-9,11,16-17,23H,1-2,10,12-13H2,3-6H3,(H,21,22)/b11-8+,15-9+/t16-,17+,19-,20+/m0/s1. The highest BCUT2D eigenvalue weighted by molar-refractivity contribution is 5.86. The van der Waals surface area contributed by atoms with Crippen LogP contribution in [-0.4, -0.2) is 21.8 Å². The maximum absolute atomic E-state index is 10.8. The van der Waals surface area contributed by atoms with Crippen molar-refractivity contribution in [1.29, 1.82) is 0 Å². The first-order valence-corrected chi connectivity index (χ1v) is 8.14. The average molecular weight is 318 g/mol. The van der Waals surface area contributed by atoms with Gasteiger partial charge in [0.1, 0.15) is 0 Å². The van der Waals surface area contributed by atoms with Crippen LogP contribution in [0.4, 0.5) is 0 Å². The molecule has 1 saturated carbocycles. The van der Waals surface area contributed by atoms with Crippen LogP contribution in [0, 0.1) is 17.3 Å². The van der Waals surface area contributed by atoms with Crippen molar-refractivity contribution in [2.75, 3.05) is 0 Å². The fourth-order valence-electron chi connectivity index (χ4n) is 3.46. The molecule has 0 unspecified atom stereocenters. The third-order valence-electron chi connectivity index (χ3n) is 5.35. The van der Waals surface area contributed by atoms with E-state index in [1.807, 2.05) is 13.0 Å². The van der Waals surface area contributed by atoms with Crippen molar-refractivity contribution in [3.05, 3.63) is 48.6 Å². The summed E-state index contributed by atoms with van der Waals surface area (Å²) >= 11 is 0. The Kier molecular flexibility index (Phi) is 6.18. The van der Waals surface area contributed by atoms with Gasteiger partial charge in [-0.3, -0.25) is 0 Å². The van der Waals surface area contributed by atoms with Gasteiger partial charge in [-0.05, 0) is 57.3 Å². The highest BCUT2D eigenvalue weighted by Gasteiger charge is 2.43. The molecule has 0 aromatic heterocycles. The van der Waals surface area contributed by atoms with Crippen molar-refractivity contribution in [2.24, 2.45) is 17.3 Å². The van der Waals surface area contributed by atoms with Gasteiger partial charge in [0.05, 0.1) is 5.60 Å². The predicted molar refractivity (Wildman–Crippen MR) is 95.1 cm³/mol. The molecular weight excluding hydrogens is 288 g/mol. The topological polar surface area (TPSA) is 57.5 Å². The molecule has 0 radical (unpaired) electrons. The molecule has 0 aromatic rings. The van der Waals surface area contributed by atoms with E-state index < -0.39 is 11.6 Å². The van der Waals surface area contributed by atoms with Gasteiger partial charge in [-0.2, -0.15) is 0 Å². The van der Waals surface area contributed by atoms with E-state index >= 15 is 0 Å². The summed E-state index contributed by atoms with van der Waals surface area (Å²) in [6, 6.07) is 0. The zero-order chi connectivity index (χ0) is 17.8. The van der Waals surface area contributed by atoms with Crippen LogP contribution in [0.25, 0.3) is 0 Å². The van der Waals surface area contributed by atoms with Crippen LogP contribution in [0.2, 0.25) is 0 Å². The number of hydrogen-bond acceptors (Lipinski definition) is 2. The first kappa shape index (κ1) is 19.4. The summed E-state index contributed by atoms with van der Waals surface area (Å²) in [6.07, 6.45) is 9.61. The number of carboxylic acid groups (broad SMARTS) is 1. The molecule has 0 amide bonds. The molecule has 128 valence electrons. The quantitative estimate of drug-likeness (QED) is 0.430. The Morgan fingerprint density at radius 1 is 1.39 bits per heavy atom. The van der Waals surface area contributed by atoms with Crippen LogP contribution in [0.15, 0.2) is 48.6 Å². The van der Waals surface area contributed by atoms with E-state index in [2.05, 4.69) is 20.1 Å². The lowest BCUT2D eigenvalue weighted by atomic mass is 9.59. The molecule has 0 heterocycles. The molecular formula is C20H30O3. The second-order valence-electron chi connectivity index (χ2n) is 7.32. The molecule has 0 saturated heterocycles. The van der Waals surface area contributed by atoms with Crippen LogP contribution in [-0.2, 0) is 4.79 Å². The summed E-state index contributed by atoms with van der Waals surface area (Å²) in [5.41, 5.74) is 0.436. The lowest BCUT2D eigenvalue weighted by Crippen LogP contribution is -2.42. The smallest absolute Gasteiger partial charge is 0.331 e. The first-order valence-electron chi connectivity index (χ1n) is 8.14. The minimum Gasteiger partial charge on any atom is -0.478 e. The second-order valence-corrected chi connectivity index (χ2v) is 7.32. The molecule has 4 atom stereocenters. The zero-order valence-corrected chi connectivity index (χ0v) is 14.8. The Labute approximate surface area is 140 Å². The molecule has 0 aliphatic heterocycles. The monoisotopic (exact) mass is 318 g/mol. The van der Waals surface area contributed by atoms with Crippen LogP contribution >= 0.6 is 0 Å². The van der Waals surface area contributed by atoms with E-state index in [4.69, 9.17) is 5.11 Å². The third kappa shape index (κ3) is 4.68. The van der Waals surface area contributed by atoms with Crippen LogP contribution in [0.5, 0.6) is 0 Å². The van der Waals surface area contributed by atoms with Gasteiger partial charge < -0.3 is 10.2 Å². The normalized spacial score (nSPS) is 31.6. The van der Waals surface area contributed by atoms with Crippen LogP contribution in [0.3, 0.4) is 0 Å². The summed E-state index contributed by atoms with van der Waals surface area (Å²) in [7, 11) is 0. The van der Waals surface area contributed by atoms with Crippen molar-refractivity contribution in [1.82, 2.24) is 0 Å². The van der Waals surface area contributed by atoms with E-state index in [-0.39, 0.29) is 16.9 Å². The Balaban J connectivity index is 2.92. The number of aliphatic hydroxyl groups is 1. The average Bonchev–Trinajstić information content (AvgIpc) is 2.46. The van der Waals surface area contributed by atoms with E-state index in [0.717, 1.165) is 24.8 Å². The fourth-order valence-corrected chi connectivity index (χ4v) is 3.46. The van der Waals surface area contributed by atoms with E-state index in [1.165, 1.54) is 13.0 Å². The van der Waals surface area contributed by atoms with E-state index in [1.54, 1.807) is 19.1 Å². The second kappa shape index (κ2) is 7.31. The largest absolute Gasteiger partial charge is 0.478 e. The Morgan fingerprint density at radius 3 is 2.48 bits per heavy atom. The number of rotatable bonds is 6. The molecule has 3 heteroatoms. The highest BCUT2D eigenvalue weighted by atomic mass is 16.4. The van der Waals surface area contributed by atoms with Crippen molar-refractivity contribution >= 4 is 5.97 Å². The number of hydrogen-bond donors (Lipinski definition) is 2. The molecule has 0 spiro atoms. The summed E-state index contributed by atoms with van der Waals surface area (Å²) < 4.78 is 0. The molecule has 23 heavy (non-hydrogen) atoms. The van der Waals surface area contributed by atoms with E-state index in [0.29, 0.717) is 5.92 Å². The molecule has 0 aromatic carbocycles. The van der Waals surface area contributed by atoms with Gasteiger partial charge in [-0.15, -0.1) is 6.58 Å².